The van der Waals surface area contributed by atoms with Gasteiger partial charge in [0.15, 0.2) is 0 Å². The SMILES string of the molecule is c1ccc(CCC2CCN(CCNC3CCN(Cc4ccccc4)C3)CC2)cc1. The van der Waals surface area contributed by atoms with Crippen LogP contribution in [-0.4, -0.2) is 55.1 Å². The van der Waals surface area contributed by atoms with Crippen LogP contribution in [0.15, 0.2) is 60.7 Å². The van der Waals surface area contributed by atoms with Crippen LogP contribution in [0.2, 0.25) is 0 Å². The Morgan fingerprint density at radius 3 is 2.14 bits per heavy atom. The van der Waals surface area contributed by atoms with E-state index in [1.165, 1.54) is 76.0 Å². The molecule has 0 aliphatic carbocycles. The van der Waals surface area contributed by atoms with E-state index in [-0.39, 0.29) is 0 Å². The molecule has 0 radical (unpaired) electrons. The van der Waals surface area contributed by atoms with E-state index >= 15 is 0 Å². The molecule has 1 unspecified atom stereocenters. The molecule has 2 heterocycles. The second-order valence-corrected chi connectivity index (χ2v) is 8.97. The maximum absolute atomic E-state index is 3.82. The molecule has 3 heteroatoms. The summed E-state index contributed by atoms with van der Waals surface area (Å²) in [6.45, 7) is 8.42. The van der Waals surface area contributed by atoms with Crippen molar-refractivity contribution in [2.24, 2.45) is 5.92 Å². The number of hydrogen-bond acceptors (Lipinski definition) is 3. The number of likely N-dealkylation sites (tertiary alicyclic amines) is 2. The zero-order chi connectivity index (χ0) is 19.7. The lowest BCUT2D eigenvalue weighted by Crippen LogP contribution is -2.41. The van der Waals surface area contributed by atoms with Gasteiger partial charge in [-0.3, -0.25) is 4.90 Å². The average molecular weight is 392 g/mol. The monoisotopic (exact) mass is 391 g/mol. The highest BCUT2D eigenvalue weighted by Crippen LogP contribution is 2.22. The molecule has 0 aromatic heterocycles. The fourth-order valence-corrected chi connectivity index (χ4v) is 4.93. The molecule has 2 fully saturated rings. The predicted molar refractivity (Wildman–Crippen MR) is 122 cm³/mol. The summed E-state index contributed by atoms with van der Waals surface area (Å²) in [4.78, 5) is 5.26. The van der Waals surface area contributed by atoms with Crippen molar-refractivity contribution < 1.29 is 0 Å². The number of hydrogen-bond donors (Lipinski definition) is 1. The quantitative estimate of drug-likeness (QED) is 0.691. The van der Waals surface area contributed by atoms with Gasteiger partial charge in [0.25, 0.3) is 0 Å². The van der Waals surface area contributed by atoms with Crippen molar-refractivity contribution in [3.8, 4) is 0 Å². The van der Waals surface area contributed by atoms with E-state index in [1.54, 1.807) is 0 Å². The number of nitrogens with one attached hydrogen (secondary N) is 1. The van der Waals surface area contributed by atoms with E-state index in [2.05, 4.69) is 75.8 Å². The molecular weight excluding hydrogens is 354 g/mol. The standard InChI is InChI=1S/C26H37N3/c1-3-7-23(8-4-1)11-12-24-13-17-28(18-14-24)20-16-27-26-15-19-29(22-26)21-25-9-5-2-6-10-25/h1-10,24,26-27H,11-22H2. The number of piperidine rings is 1. The molecule has 0 spiro atoms. The highest BCUT2D eigenvalue weighted by atomic mass is 15.2. The van der Waals surface area contributed by atoms with Crippen molar-refractivity contribution in [2.45, 2.75) is 44.7 Å². The van der Waals surface area contributed by atoms with Crippen LogP contribution < -0.4 is 5.32 Å². The zero-order valence-electron chi connectivity index (χ0n) is 17.8. The summed E-state index contributed by atoms with van der Waals surface area (Å²) < 4.78 is 0. The predicted octanol–water partition coefficient (Wildman–Crippen LogP) is 4.20. The van der Waals surface area contributed by atoms with Gasteiger partial charge >= 0.3 is 0 Å². The van der Waals surface area contributed by atoms with Crippen molar-refractivity contribution in [1.82, 2.24) is 15.1 Å². The molecule has 1 N–H and O–H groups in total. The second-order valence-electron chi connectivity index (χ2n) is 8.97. The number of benzene rings is 2. The smallest absolute Gasteiger partial charge is 0.0234 e. The van der Waals surface area contributed by atoms with Gasteiger partial charge in [-0.1, -0.05) is 60.7 Å². The van der Waals surface area contributed by atoms with Crippen molar-refractivity contribution in [3.63, 3.8) is 0 Å². The minimum Gasteiger partial charge on any atom is -0.311 e. The molecule has 1 atom stereocenters. The van der Waals surface area contributed by atoms with Gasteiger partial charge in [0.2, 0.25) is 0 Å². The van der Waals surface area contributed by atoms with Crippen LogP contribution in [0.3, 0.4) is 0 Å². The van der Waals surface area contributed by atoms with Crippen molar-refractivity contribution in [1.29, 1.82) is 0 Å². The lowest BCUT2D eigenvalue weighted by Gasteiger charge is -2.32. The van der Waals surface area contributed by atoms with Crippen LogP contribution in [-0.2, 0) is 13.0 Å². The Bertz CT molecular complexity index is 694. The van der Waals surface area contributed by atoms with Crippen LogP contribution in [0.5, 0.6) is 0 Å². The molecule has 3 nitrogen and oxygen atoms in total. The highest BCUT2D eigenvalue weighted by molar-refractivity contribution is 5.15. The molecule has 156 valence electrons. The summed E-state index contributed by atoms with van der Waals surface area (Å²) in [5.74, 6) is 0.917. The van der Waals surface area contributed by atoms with Gasteiger partial charge in [-0.15, -0.1) is 0 Å². The molecule has 29 heavy (non-hydrogen) atoms. The zero-order valence-corrected chi connectivity index (χ0v) is 17.8. The number of aryl methyl sites for hydroxylation is 1. The molecule has 0 amide bonds. The van der Waals surface area contributed by atoms with Crippen molar-refractivity contribution in [2.75, 3.05) is 39.3 Å². The summed E-state index contributed by atoms with van der Waals surface area (Å²) in [7, 11) is 0. The first-order chi connectivity index (χ1) is 14.3. The fourth-order valence-electron chi connectivity index (χ4n) is 4.93. The summed E-state index contributed by atoms with van der Waals surface area (Å²) in [5.41, 5.74) is 2.93. The second kappa shape index (κ2) is 10.9. The van der Waals surface area contributed by atoms with Crippen LogP contribution in [0.1, 0.15) is 36.8 Å². The van der Waals surface area contributed by atoms with Crippen molar-refractivity contribution in [3.05, 3.63) is 71.8 Å². The maximum atomic E-state index is 3.82. The Hall–Kier alpha value is -1.68. The summed E-state index contributed by atoms with van der Waals surface area (Å²) in [5, 5.41) is 3.82. The third-order valence-electron chi connectivity index (χ3n) is 6.77. The molecule has 0 saturated carbocycles. The first kappa shape index (κ1) is 20.6. The average Bonchev–Trinajstić information content (AvgIpc) is 3.22. The summed E-state index contributed by atoms with van der Waals surface area (Å²) in [6, 6.07) is 22.5. The molecular formula is C26H37N3. The molecule has 2 saturated heterocycles. The highest BCUT2D eigenvalue weighted by Gasteiger charge is 2.23. The van der Waals surface area contributed by atoms with Gasteiger partial charge in [0.1, 0.15) is 0 Å². The Morgan fingerprint density at radius 2 is 1.41 bits per heavy atom. The van der Waals surface area contributed by atoms with Gasteiger partial charge < -0.3 is 10.2 Å². The normalized spacial score (nSPS) is 21.6. The minimum absolute atomic E-state index is 0.669. The fraction of sp³-hybridized carbons (Fsp3) is 0.538. The molecule has 2 aliphatic heterocycles. The Morgan fingerprint density at radius 1 is 0.759 bits per heavy atom. The topological polar surface area (TPSA) is 18.5 Å². The first-order valence-corrected chi connectivity index (χ1v) is 11.6. The van der Waals surface area contributed by atoms with E-state index < -0.39 is 0 Å². The third kappa shape index (κ3) is 6.67. The van der Waals surface area contributed by atoms with Gasteiger partial charge in [-0.25, -0.2) is 0 Å². The Kier molecular flexibility index (Phi) is 7.75. The van der Waals surface area contributed by atoms with Gasteiger partial charge in [0.05, 0.1) is 0 Å². The molecule has 2 aromatic carbocycles. The van der Waals surface area contributed by atoms with Crippen LogP contribution in [0.4, 0.5) is 0 Å². The van der Waals surface area contributed by atoms with Crippen LogP contribution in [0, 0.1) is 5.92 Å². The maximum Gasteiger partial charge on any atom is 0.0234 e. The van der Waals surface area contributed by atoms with E-state index in [1.807, 2.05) is 0 Å². The van der Waals surface area contributed by atoms with Gasteiger partial charge in [-0.2, -0.15) is 0 Å². The number of nitrogens with zero attached hydrogens (tertiary/aromatic N) is 2. The molecule has 4 rings (SSSR count). The van der Waals surface area contributed by atoms with E-state index in [9.17, 15) is 0 Å². The molecule has 2 aliphatic rings. The Labute approximate surface area is 177 Å². The minimum atomic E-state index is 0.669. The third-order valence-corrected chi connectivity index (χ3v) is 6.77. The van der Waals surface area contributed by atoms with Gasteiger partial charge in [0, 0.05) is 38.8 Å². The molecule has 2 aromatic rings. The largest absolute Gasteiger partial charge is 0.311 e. The van der Waals surface area contributed by atoms with Crippen molar-refractivity contribution >= 4 is 0 Å². The Balaban J connectivity index is 1.07. The first-order valence-electron chi connectivity index (χ1n) is 11.6. The molecule has 0 bridgehead atoms. The lowest BCUT2D eigenvalue weighted by atomic mass is 9.90. The number of rotatable bonds is 9. The lowest BCUT2D eigenvalue weighted by molar-refractivity contribution is 0.178. The van der Waals surface area contributed by atoms with E-state index in [0.29, 0.717) is 6.04 Å². The van der Waals surface area contributed by atoms with Crippen LogP contribution >= 0.6 is 0 Å². The van der Waals surface area contributed by atoms with Gasteiger partial charge in [-0.05, 0) is 62.2 Å². The van der Waals surface area contributed by atoms with Crippen LogP contribution in [0.25, 0.3) is 0 Å². The van der Waals surface area contributed by atoms with E-state index in [4.69, 9.17) is 0 Å². The van der Waals surface area contributed by atoms with E-state index in [0.717, 1.165) is 19.0 Å². The summed E-state index contributed by atoms with van der Waals surface area (Å²) in [6.07, 6.45) is 6.64. The summed E-state index contributed by atoms with van der Waals surface area (Å²) >= 11 is 0.